The Labute approximate surface area is 145 Å². The zero-order valence-corrected chi connectivity index (χ0v) is 13.7. The summed E-state index contributed by atoms with van der Waals surface area (Å²) in [6.07, 6.45) is 0.606. The van der Waals surface area contributed by atoms with Gasteiger partial charge in [-0.2, -0.15) is 0 Å². The van der Waals surface area contributed by atoms with Crippen molar-refractivity contribution >= 4 is 17.5 Å². The number of benzene rings is 2. The molecule has 0 aliphatic carbocycles. The van der Waals surface area contributed by atoms with Crippen LogP contribution in [0, 0.1) is 5.82 Å². The van der Waals surface area contributed by atoms with E-state index in [-0.39, 0.29) is 37.2 Å². The van der Waals surface area contributed by atoms with Gasteiger partial charge < -0.3 is 15.0 Å². The maximum atomic E-state index is 13.5. The number of carbonyl (C=O) groups is 2. The number of nitrogens with zero attached hydrogens (tertiary/aromatic N) is 1. The molecule has 2 amide bonds. The van der Waals surface area contributed by atoms with Crippen LogP contribution in [0.1, 0.15) is 12.0 Å². The van der Waals surface area contributed by atoms with E-state index in [0.29, 0.717) is 30.0 Å². The summed E-state index contributed by atoms with van der Waals surface area (Å²) in [5, 5.41) is 2.76. The first-order valence-corrected chi connectivity index (χ1v) is 8.17. The number of carbonyl (C=O) groups excluding carboxylic acids is 2. The number of fused-ring (bicyclic) bond motifs is 1. The molecule has 1 aliphatic heterocycles. The van der Waals surface area contributed by atoms with Crippen LogP contribution in [0.4, 0.5) is 10.1 Å². The van der Waals surface area contributed by atoms with Gasteiger partial charge in [0.1, 0.15) is 11.6 Å². The molecular weight excluding hydrogens is 323 g/mol. The van der Waals surface area contributed by atoms with Gasteiger partial charge in [0, 0.05) is 19.5 Å². The average Bonchev–Trinajstić information content (AvgIpc) is 2.62. The zero-order chi connectivity index (χ0) is 17.6. The van der Waals surface area contributed by atoms with Crippen molar-refractivity contribution in [3.05, 3.63) is 59.9 Å². The van der Waals surface area contributed by atoms with E-state index in [9.17, 15) is 14.0 Å². The molecule has 0 aromatic heterocycles. The Balaban J connectivity index is 1.49. The fourth-order valence-corrected chi connectivity index (χ4v) is 2.74. The molecule has 0 radical (unpaired) electrons. The van der Waals surface area contributed by atoms with E-state index in [0.717, 1.165) is 0 Å². The second kappa shape index (κ2) is 7.79. The minimum absolute atomic E-state index is 0.0219. The molecule has 1 heterocycles. The molecule has 130 valence electrons. The standard InChI is InChI=1S/C19H19FN2O3/c20-15-6-2-1-5-14(15)9-11-21-18(23)10-12-22-16-7-3-4-8-17(16)25-13-19(22)24/h1-8H,9-13H2,(H,21,23). The maximum Gasteiger partial charge on any atom is 0.265 e. The first-order chi connectivity index (χ1) is 12.1. The number of rotatable bonds is 6. The largest absolute Gasteiger partial charge is 0.482 e. The highest BCUT2D eigenvalue weighted by molar-refractivity contribution is 5.98. The lowest BCUT2D eigenvalue weighted by Gasteiger charge is -2.29. The highest BCUT2D eigenvalue weighted by Gasteiger charge is 2.25. The Bertz CT molecular complexity index is 779. The van der Waals surface area contributed by atoms with Crippen molar-refractivity contribution in [2.75, 3.05) is 24.6 Å². The second-order valence-electron chi connectivity index (χ2n) is 5.74. The van der Waals surface area contributed by atoms with E-state index < -0.39 is 0 Å². The van der Waals surface area contributed by atoms with Crippen molar-refractivity contribution in [2.45, 2.75) is 12.8 Å². The van der Waals surface area contributed by atoms with Crippen molar-refractivity contribution in [1.82, 2.24) is 5.32 Å². The van der Waals surface area contributed by atoms with Crippen molar-refractivity contribution < 1.29 is 18.7 Å². The lowest BCUT2D eigenvalue weighted by atomic mass is 10.1. The quantitative estimate of drug-likeness (QED) is 0.876. The molecule has 5 nitrogen and oxygen atoms in total. The van der Waals surface area contributed by atoms with Crippen LogP contribution in [0.3, 0.4) is 0 Å². The van der Waals surface area contributed by atoms with E-state index in [1.807, 2.05) is 12.1 Å². The zero-order valence-electron chi connectivity index (χ0n) is 13.7. The molecule has 2 aromatic rings. The number of anilines is 1. The van der Waals surface area contributed by atoms with Gasteiger partial charge in [0.25, 0.3) is 5.91 Å². The number of hydrogen-bond acceptors (Lipinski definition) is 3. The molecule has 3 rings (SSSR count). The molecule has 2 aromatic carbocycles. The van der Waals surface area contributed by atoms with Gasteiger partial charge in [-0.3, -0.25) is 9.59 Å². The van der Waals surface area contributed by atoms with Crippen LogP contribution in [0.5, 0.6) is 5.75 Å². The maximum absolute atomic E-state index is 13.5. The summed E-state index contributed by atoms with van der Waals surface area (Å²) in [6.45, 7) is 0.615. The van der Waals surface area contributed by atoms with Gasteiger partial charge in [-0.15, -0.1) is 0 Å². The summed E-state index contributed by atoms with van der Waals surface area (Å²) >= 11 is 0. The van der Waals surface area contributed by atoms with Crippen LogP contribution in [0.15, 0.2) is 48.5 Å². The Morgan fingerprint density at radius 1 is 1.16 bits per heavy atom. The molecule has 1 aliphatic rings. The minimum Gasteiger partial charge on any atom is -0.482 e. The van der Waals surface area contributed by atoms with Crippen molar-refractivity contribution in [2.24, 2.45) is 0 Å². The third-order valence-electron chi connectivity index (χ3n) is 4.05. The highest BCUT2D eigenvalue weighted by Crippen LogP contribution is 2.31. The number of amides is 2. The van der Waals surface area contributed by atoms with Crippen LogP contribution >= 0.6 is 0 Å². The molecule has 0 atom stereocenters. The number of para-hydroxylation sites is 2. The molecule has 0 bridgehead atoms. The molecule has 0 saturated heterocycles. The molecule has 6 heteroatoms. The topological polar surface area (TPSA) is 58.6 Å². The number of halogens is 1. The van der Waals surface area contributed by atoms with Gasteiger partial charge in [-0.25, -0.2) is 4.39 Å². The Kier molecular flexibility index (Phi) is 5.28. The van der Waals surface area contributed by atoms with Crippen LogP contribution < -0.4 is 15.0 Å². The van der Waals surface area contributed by atoms with Gasteiger partial charge >= 0.3 is 0 Å². The molecule has 0 spiro atoms. The Hall–Kier alpha value is -2.89. The average molecular weight is 342 g/mol. The van der Waals surface area contributed by atoms with Gasteiger partial charge in [-0.1, -0.05) is 30.3 Å². The van der Waals surface area contributed by atoms with E-state index >= 15 is 0 Å². The lowest BCUT2D eigenvalue weighted by molar-refractivity contribution is -0.122. The SMILES string of the molecule is O=C(CCN1C(=O)COc2ccccc21)NCCc1ccccc1F. The van der Waals surface area contributed by atoms with Crippen LogP contribution in [-0.2, 0) is 16.0 Å². The summed E-state index contributed by atoms with van der Waals surface area (Å²) in [5.41, 5.74) is 1.25. The highest BCUT2D eigenvalue weighted by atomic mass is 19.1. The predicted molar refractivity (Wildman–Crippen MR) is 92.0 cm³/mol. The smallest absolute Gasteiger partial charge is 0.265 e. The van der Waals surface area contributed by atoms with Crippen molar-refractivity contribution in [3.63, 3.8) is 0 Å². The second-order valence-corrected chi connectivity index (χ2v) is 5.74. The normalized spacial score (nSPS) is 13.2. The summed E-state index contributed by atoms with van der Waals surface area (Å²) in [5.74, 6) is 0.0281. The summed E-state index contributed by atoms with van der Waals surface area (Å²) in [6, 6.07) is 13.7. The number of ether oxygens (including phenoxy) is 1. The van der Waals surface area contributed by atoms with Crippen LogP contribution in [0.2, 0.25) is 0 Å². The van der Waals surface area contributed by atoms with Gasteiger partial charge in [0.15, 0.2) is 6.61 Å². The van der Waals surface area contributed by atoms with Gasteiger partial charge in [0.05, 0.1) is 5.69 Å². The molecule has 0 fully saturated rings. The van der Waals surface area contributed by atoms with Gasteiger partial charge in [-0.05, 0) is 30.2 Å². The van der Waals surface area contributed by atoms with E-state index in [4.69, 9.17) is 4.74 Å². The first-order valence-electron chi connectivity index (χ1n) is 8.17. The van der Waals surface area contributed by atoms with E-state index in [1.54, 1.807) is 35.2 Å². The lowest BCUT2D eigenvalue weighted by Crippen LogP contribution is -2.41. The van der Waals surface area contributed by atoms with Crippen LogP contribution in [0.25, 0.3) is 0 Å². The van der Waals surface area contributed by atoms with Crippen molar-refractivity contribution in [3.8, 4) is 5.75 Å². The van der Waals surface area contributed by atoms with Crippen LogP contribution in [-0.4, -0.2) is 31.5 Å². The fraction of sp³-hybridized carbons (Fsp3) is 0.263. The summed E-state index contributed by atoms with van der Waals surface area (Å²) < 4.78 is 18.9. The predicted octanol–water partition coefficient (Wildman–Crippen LogP) is 2.30. The molecular formula is C19H19FN2O3. The fourth-order valence-electron chi connectivity index (χ4n) is 2.74. The van der Waals surface area contributed by atoms with Crippen molar-refractivity contribution in [1.29, 1.82) is 0 Å². The van der Waals surface area contributed by atoms with E-state index in [1.165, 1.54) is 6.07 Å². The van der Waals surface area contributed by atoms with Gasteiger partial charge in [0.2, 0.25) is 5.91 Å². The third kappa shape index (κ3) is 4.15. The third-order valence-corrected chi connectivity index (χ3v) is 4.05. The Morgan fingerprint density at radius 3 is 2.76 bits per heavy atom. The number of hydrogen-bond donors (Lipinski definition) is 1. The minimum atomic E-state index is -0.271. The summed E-state index contributed by atoms with van der Waals surface area (Å²) in [7, 11) is 0. The number of nitrogens with one attached hydrogen (secondary N) is 1. The Morgan fingerprint density at radius 2 is 1.92 bits per heavy atom. The molecule has 1 N–H and O–H groups in total. The summed E-state index contributed by atoms with van der Waals surface area (Å²) in [4.78, 5) is 25.6. The molecule has 0 saturated carbocycles. The van der Waals surface area contributed by atoms with E-state index in [2.05, 4.69) is 5.32 Å². The first kappa shape index (κ1) is 17.0. The molecule has 25 heavy (non-hydrogen) atoms. The molecule has 0 unspecified atom stereocenters. The monoisotopic (exact) mass is 342 g/mol.